The second-order valence-electron chi connectivity index (χ2n) is 9.80. The molecule has 224 valence electrons. The number of carboxylic acid groups (broad SMARTS) is 1. The average Bonchev–Trinajstić information content (AvgIpc) is 2.95. The number of aliphatic carboxylic acids is 1. The predicted octanol–water partition coefficient (Wildman–Crippen LogP) is 2.88. The number of hydrogen-bond donors (Lipinski definition) is 4. The molecule has 2 heterocycles. The Bertz CT molecular complexity index is 1650. The fourth-order valence-electron chi connectivity index (χ4n) is 4.58. The van der Waals surface area contributed by atoms with Crippen LogP contribution in [0.15, 0.2) is 57.2 Å². The lowest BCUT2D eigenvalue weighted by Crippen LogP contribution is -2.42. The number of fused-ring (bicyclic) bond motifs is 1. The highest BCUT2D eigenvalue weighted by Crippen LogP contribution is 2.29. The summed E-state index contributed by atoms with van der Waals surface area (Å²) in [5.41, 5.74) is 0.703. The van der Waals surface area contributed by atoms with Crippen molar-refractivity contribution < 1.29 is 27.8 Å². The Kier molecular flexibility index (Phi) is 10.3. The number of aromatic nitrogens is 2. The van der Waals surface area contributed by atoms with Crippen LogP contribution >= 0.6 is 0 Å². The molecule has 0 fully saturated rings. The van der Waals surface area contributed by atoms with E-state index in [1.165, 1.54) is 45.3 Å². The van der Waals surface area contributed by atoms with Gasteiger partial charge in [-0.2, -0.15) is 4.72 Å². The van der Waals surface area contributed by atoms with E-state index in [9.17, 15) is 23.1 Å². The number of nitrogens with zero attached hydrogens (tertiary/aromatic N) is 2. The third-order valence-corrected chi connectivity index (χ3v) is 8.26. The normalized spacial score (nSPS) is 15.0. The van der Waals surface area contributed by atoms with Gasteiger partial charge in [-0.25, -0.2) is 13.4 Å². The number of aliphatic imine (C=N–C) groups is 1. The molecule has 3 aromatic rings. The van der Waals surface area contributed by atoms with E-state index >= 15 is 0 Å². The van der Waals surface area contributed by atoms with Gasteiger partial charge in [-0.3, -0.25) is 14.6 Å². The summed E-state index contributed by atoms with van der Waals surface area (Å²) in [7, 11) is -1.50. The monoisotopic (exact) mass is 597 g/mol. The van der Waals surface area contributed by atoms with Crippen LogP contribution in [0.2, 0.25) is 0 Å². The van der Waals surface area contributed by atoms with E-state index in [2.05, 4.69) is 25.0 Å². The number of H-pyrrole nitrogens is 1. The lowest BCUT2D eigenvalue weighted by atomic mass is 10.1. The van der Waals surface area contributed by atoms with Crippen LogP contribution in [-0.4, -0.2) is 68.6 Å². The van der Waals surface area contributed by atoms with Crippen molar-refractivity contribution in [2.45, 2.75) is 49.5 Å². The molecule has 4 rings (SSSR count). The number of carboxylic acids is 1. The minimum Gasteiger partial charge on any atom is -0.493 e. The Labute approximate surface area is 243 Å². The van der Waals surface area contributed by atoms with Gasteiger partial charge in [0, 0.05) is 32.0 Å². The summed E-state index contributed by atoms with van der Waals surface area (Å²) >= 11 is 0. The number of amidine groups is 1. The Hall–Kier alpha value is -4.23. The molecule has 0 amide bonds. The van der Waals surface area contributed by atoms with Gasteiger partial charge in [-0.1, -0.05) is 31.1 Å². The van der Waals surface area contributed by atoms with E-state index in [1.54, 1.807) is 18.2 Å². The molecule has 0 unspecified atom stereocenters. The zero-order valence-corrected chi connectivity index (χ0v) is 24.4. The van der Waals surface area contributed by atoms with Crippen LogP contribution in [0.1, 0.15) is 43.5 Å². The number of rotatable bonds is 11. The van der Waals surface area contributed by atoms with Crippen molar-refractivity contribution in [3.8, 4) is 11.5 Å². The van der Waals surface area contributed by atoms with Gasteiger partial charge in [0.05, 0.1) is 35.9 Å². The second-order valence-corrected chi connectivity index (χ2v) is 11.5. The van der Waals surface area contributed by atoms with Crippen LogP contribution < -0.4 is 25.1 Å². The predicted molar refractivity (Wildman–Crippen MR) is 160 cm³/mol. The summed E-state index contributed by atoms with van der Waals surface area (Å²) in [5, 5.41) is 13.4. The number of carbonyl (C=O) groups is 1. The molecule has 1 aliphatic heterocycles. The van der Waals surface area contributed by atoms with Gasteiger partial charge in [-0.15, -0.1) is 0 Å². The fraction of sp³-hybridized carbons (Fsp3) is 0.379. The molecular weight excluding hydrogens is 562 g/mol. The highest BCUT2D eigenvalue weighted by molar-refractivity contribution is 7.89. The van der Waals surface area contributed by atoms with Crippen LogP contribution in [-0.2, 0) is 21.2 Å². The molecule has 2 aromatic carbocycles. The van der Waals surface area contributed by atoms with E-state index in [-0.39, 0.29) is 22.9 Å². The van der Waals surface area contributed by atoms with Crippen LogP contribution in [0, 0.1) is 0 Å². The molecule has 0 saturated heterocycles. The molecule has 0 saturated carbocycles. The van der Waals surface area contributed by atoms with E-state index < -0.39 is 27.6 Å². The number of aromatic amines is 1. The van der Waals surface area contributed by atoms with E-state index in [0.29, 0.717) is 23.2 Å². The maximum Gasteiger partial charge on any atom is 0.322 e. The van der Waals surface area contributed by atoms with Gasteiger partial charge in [0.25, 0.3) is 5.56 Å². The smallest absolute Gasteiger partial charge is 0.322 e. The molecule has 0 aliphatic carbocycles. The summed E-state index contributed by atoms with van der Waals surface area (Å²) in [5.74, 6) is 0.114. The first-order valence-corrected chi connectivity index (χ1v) is 15.1. The first-order chi connectivity index (χ1) is 20.2. The van der Waals surface area contributed by atoms with Gasteiger partial charge < -0.3 is 24.9 Å². The molecule has 4 N–H and O–H groups in total. The largest absolute Gasteiger partial charge is 0.493 e. The molecule has 0 spiro atoms. The Morgan fingerprint density at radius 3 is 2.64 bits per heavy atom. The second kappa shape index (κ2) is 14.1. The van der Waals surface area contributed by atoms with Crippen LogP contribution in [0.25, 0.3) is 17.0 Å². The molecule has 1 aliphatic rings. The van der Waals surface area contributed by atoms with Gasteiger partial charge in [0.1, 0.15) is 11.9 Å². The molecule has 0 bridgehead atoms. The summed E-state index contributed by atoms with van der Waals surface area (Å²) in [6, 6.07) is 7.47. The number of benzene rings is 2. The van der Waals surface area contributed by atoms with Gasteiger partial charge in [0.15, 0.2) is 11.5 Å². The fourth-order valence-corrected chi connectivity index (χ4v) is 5.79. The standard InChI is InChI=1S/C29H35N5O7S/c1-40-24-13-11-20(17-25(24)41-2)42(38,39)34-23(29(36)37)18-27-32-22-12-10-19(16-21(22)28(35)33-27)8-7-15-31-26-9-5-3-4-6-14-30-26/h7-8,10-13,16-17,23,34H,3-6,9,14-15,18H2,1-2H3,(H,30,31)(H,36,37)(H,32,33,35)/b8-7+/t23-/m0/s1. The van der Waals surface area contributed by atoms with Crippen molar-refractivity contribution in [2.24, 2.45) is 4.99 Å². The van der Waals surface area contributed by atoms with Crippen molar-refractivity contribution in [1.29, 1.82) is 0 Å². The molecule has 13 heteroatoms. The third-order valence-electron chi connectivity index (χ3n) is 6.80. The Balaban J connectivity index is 1.46. The number of nitrogens with one attached hydrogen (secondary N) is 3. The zero-order chi connectivity index (χ0) is 30.1. The maximum absolute atomic E-state index is 13.0. The van der Waals surface area contributed by atoms with Gasteiger partial charge in [-0.05, 0) is 42.7 Å². The minimum absolute atomic E-state index is 0.0300. The lowest BCUT2D eigenvalue weighted by Gasteiger charge is -2.16. The first kappa shape index (κ1) is 30.7. The summed E-state index contributed by atoms with van der Waals surface area (Å²) in [4.78, 5) is 36.2. The molecule has 12 nitrogen and oxygen atoms in total. The van der Waals surface area contributed by atoms with Crippen molar-refractivity contribution in [2.75, 3.05) is 27.3 Å². The van der Waals surface area contributed by atoms with Crippen LogP contribution in [0.4, 0.5) is 0 Å². The minimum atomic E-state index is -4.27. The van der Waals surface area contributed by atoms with Gasteiger partial charge >= 0.3 is 5.97 Å². The zero-order valence-electron chi connectivity index (χ0n) is 23.6. The maximum atomic E-state index is 13.0. The number of methoxy groups -OCH3 is 2. The van der Waals surface area contributed by atoms with Crippen molar-refractivity contribution in [3.63, 3.8) is 0 Å². The molecule has 0 radical (unpaired) electrons. The van der Waals surface area contributed by atoms with Gasteiger partial charge in [0.2, 0.25) is 10.0 Å². The molecule has 42 heavy (non-hydrogen) atoms. The van der Waals surface area contributed by atoms with E-state index in [0.717, 1.165) is 37.2 Å². The van der Waals surface area contributed by atoms with E-state index in [1.807, 2.05) is 12.2 Å². The van der Waals surface area contributed by atoms with Crippen molar-refractivity contribution >= 4 is 38.8 Å². The first-order valence-electron chi connectivity index (χ1n) is 13.6. The summed E-state index contributed by atoms with van der Waals surface area (Å²) in [6.45, 7) is 1.46. The quantitative estimate of drug-likeness (QED) is 0.259. The average molecular weight is 598 g/mol. The summed E-state index contributed by atoms with van der Waals surface area (Å²) in [6.07, 6.45) is 9.13. The summed E-state index contributed by atoms with van der Waals surface area (Å²) < 4.78 is 38.4. The highest BCUT2D eigenvalue weighted by atomic mass is 32.2. The SMILES string of the molecule is COc1ccc(S(=O)(=O)N[C@@H](Cc2nc3ccc(/C=C/CNC4=NCCCCCC4)cc3c(=O)[nH]2)C(=O)O)cc1OC. The third kappa shape index (κ3) is 7.95. The van der Waals surface area contributed by atoms with Crippen molar-refractivity contribution in [1.82, 2.24) is 20.0 Å². The van der Waals surface area contributed by atoms with Crippen LogP contribution in [0.3, 0.4) is 0 Å². The van der Waals surface area contributed by atoms with Crippen LogP contribution in [0.5, 0.6) is 11.5 Å². The molecule has 1 aromatic heterocycles. The molecular formula is C29H35N5O7S. The highest BCUT2D eigenvalue weighted by Gasteiger charge is 2.27. The lowest BCUT2D eigenvalue weighted by molar-refractivity contribution is -0.139. The Morgan fingerprint density at radius 2 is 1.88 bits per heavy atom. The number of ether oxygens (including phenoxy) is 2. The topological polar surface area (TPSA) is 172 Å². The Morgan fingerprint density at radius 1 is 1.10 bits per heavy atom. The molecule has 1 atom stereocenters. The number of sulfonamides is 1. The van der Waals surface area contributed by atoms with E-state index in [4.69, 9.17) is 9.47 Å². The van der Waals surface area contributed by atoms with Crippen molar-refractivity contribution in [3.05, 3.63) is 64.2 Å². The number of hydrogen-bond acceptors (Lipinski definition) is 9.